The summed E-state index contributed by atoms with van der Waals surface area (Å²) in [6, 6.07) is 0. The first kappa shape index (κ1) is 27.3. The Morgan fingerprint density at radius 1 is 0.800 bits per heavy atom. The molecule has 178 valence electrons. The summed E-state index contributed by atoms with van der Waals surface area (Å²) in [6.07, 6.45) is 15.3. The van der Waals surface area contributed by atoms with E-state index in [1.165, 1.54) is 77.0 Å². The highest BCUT2D eigenvalue weighted by Crippen LogP contribution is 2.19. The van der Waals surface area contributed by atoms with E-state index in [1.807, 2.05) is 0 Å². The van der Waals surface area contributed by atoms with Gasteiger partial charge in [0.15, 0.2) is 6.10 Å². The number of aliphatic hydroxyl groups excluding tert-OH is 3. The number of aliphatic hydroxyl groups is 3. The van der Waals surface area contributed by atoms with Crippen LogP contribution in [-0.4, -0.2) is 58.9 Å². The van der Waals surface area contributed by atoms with Crippen molar-refractivity contribution in [3.05, 3.63) is 0 Å². The van der Waals surface area contributed by atoms with Gasteiger partial charge in [-0.2, -0.15) is 0 Å². The largest absolute Gasteiger partial charge is 0.457 e. The van der Waals surface area contributed by atoms with E-state index in [2.05, 4.69) is 6.92 Å². The Morgan fingerprint density at radius 2 is 1.27 bits per heavy atom. The lowest BCUT2D eigenvalue weighted by Crippen LogP contribution is -2.55. The van der Waals surface area contributed by atoms with Crippen LogP contribution < -0.4 is 0 Å². The number of carbonyl (C=O) groups is 1. The monoisotopic (exact) mass is 430 g/mol. The van der Waals surface area contributed by atoms with Crippen molar-refractivity contribution in [2.45, 2.75) is 134 Å². The number of rotatable bonds is 18. The normalized spacial score (nSPS) is 24.1. The van der Waals surface area contributed by atoms with Crippen LogP contribution in [0.25, 0.3) is 0 Å². The van der Waals surface area contributed by atoms with Crippen LogP contribution in [-0.2, 0) is 14.3 Å². The summed E-state index contributed by atoms with van der Waals surface area (Å²) in [6.45, 7) is 1.88. The second-order valence-corrected chi connectivity index (χ2v) is 8.76. The van der Waals surface area contributed by atoms with E-state index in [4.69, 9.17) is 14.6 Å². The van der Waals surface area contributed by atoms with Crippen molar-refractivity contribution in [1.82, 2.24) is 0 Å². The minimum atomic E-state index is -1.24. The predicted octanol–water partition coefficient (Wildman–Crippen LogP) is 4.27. The molecular formula is C24H46O6. The number of hydrogen-bond acceptors (Lipinski definition) is 6. The topological polar surface area (TPSA) is 96.2 Å². The molecule has 1 heterocycles. The number of ether oxygens (including phenoxy) is 2. The Kier molecular flexibility index (Phi) is 16.3. The molecule has 0 radical (unpaired) electrons. The van der Waals surface area contributed by atoms with Gasteiger partial charge >= 0.3 is 5.97 Å². The summed E-state index contributed by atoms with van der Waals surface area (Å²) >= 11 is 0. The first-order chi connectivity index (χ1) is 14.6. The fourth-order valence-corrected chi connectivity index (χ4v) is 3.99. The zero-order chi connectivity index (χ0) is 22.0. The van der Waals surface area contributed by atoms with Crippen molar-refractivity contribution in [2.75, 3.05) is 13.2 Å². The van der Waals surface area contributed by atoms with Crippen LogP contribution >= 0.6 is 0 Å². The zero-order valence-corrected chi connectivity index (χ0v) is 19.1. The molecule has 0 unspecified atom stereocenters. The van der Waals surface area contributed by atoms with Gasteiger partial charge in [-0.25, -0.2) is 0 Å². The lowest BCUT2D eigenvalue weighted by molar-refractivity contribution is -0.210. The number of unbranched alkanes of at least 4 members (excludes halogenated alkanes) is 14. The second-order valence-electron chi connectivity index (χ2n) is 8.76. The van der Waals surface area contributed by atoms with E-state index in [0.29, 0.717) is 6.42 Å². The Bertz CT molecular complexity index is 417. The molecule has 1 fully saturated rings. The van der Waals surface area contributed by atoms with Crippen molar-refractivity contribution in [3.8, 4) is 0 Å². The molecule has 6 nitrogen and oxygen atoms in total. The molecule has 0 aromatic carbocycles. The first-order valence-electron chi connectivity index (χ1n) is 12.4. The Labute approximate surface area is 183 Å². The molecule has 0 spiro atoms. The highest BCUT2D eigenvalue weighted by Gasteiger charge is 2.40. The van der Waals surface area contributed by atoms with Crippen LogP contribution in [0, 0.1) is 0 Å². The van der Waals surface area contributed by atoms with E-state index in [0.717, 1.165) is 19.3 Å². The van der Waals surface area contributed by atoms with Crippen molar-refractivity contribution < 1.29 is 29.6 Å². The molecule has 30 heavy (non-hydrogen) atoms. The number of carbonyl (C=O) groups excluding carboxylic acids is 1. The van der Waals surface area contributed by atoms with Crippen molar-refractivity contribution in [3.63, 3.8) is 0 Å². The SMILES string of the molecule is CCCCCCCCCCCCCCCCCC(=O)O[C@@H]1CO[C@H](CO)[C@@H](O)[C@@H]1O. The van der Waals surface area contributed by atoms with Crippen molar-refractivity contribution in [1.29, 1.82) is 0 Å². The summed E-state index contributed by atoms with van der Waals surface area (Å²) in [5, 5.41) is 28.8. The molecule has 1 rings (SSSR count). The summed E-state index contributed by atoms with van der Waals surface area (Å²) in [5.41, 5.74) is 0. The van der Waals surface area contributed by atoms with Crippen LogP contribution in [0.2, 0.25) is 0 Å². The standard InChI is InChI=1S/C24H46O6/c1-2-3-4-5-6-7-8-9-10-11-12-13-14-15-16-17-22(26)30-21-19-29-20(18-25)23(27)24(21)28/h20-21,23-25,27-28H,2-19H2,1H3/t20-,21-,23-,24-/m1/s1. The first-order valence-corrected chi connectivity index (χ1v) is 12.4. The molecule has 0 bridgehead atoms. The summed E-state index contributed by atoms with van der Waals surface area (Å²) in [5.74, 6) is -0.369. The summed E-state index contributed by atoms with van der Waals surface area (Å²) < 4.78 is 10.4. The van der Waals surface area contributed by atoms with Gasteiger partial charge in [-0.1, -0.05) is 96.8 Å². The average molecular weight is 431 g/mol. The van der Waals surface area contributed by atoms with Gasteiger partial charge in [0.25, 0.3) is 0 Å². The van der Waals surface area contributed by atoms with Gasteiger partial charge in [-0.3, -0.25) is 4.79 Å². The molecule has 1 saturated heterocycles. The highest BCUT2D eigenvalue weighted by molar-refractivity contribution is 5.69. The van der Waals surface area contributed by atoms with Gasteiger partial charge < -0.3 is 24.8 Å². The van der Waals surface area contributed by atoms with E-state index >= 15 is 0 Å². The average Bonchev–Trinajstić information content (AvgIpc) is 2.74. The maximum absolute atomic E-state index is 11.9. The van der Waals surface area contributed by atoms with Gasteiger partial charge in [0.05, 0.1) is 13.2 Å². The molecule has 0 aliphatic carbocycles. The van der Waals surface area contributed by atoms with E-state index in [1.54, 1.807) is 0 Å². The molecular weight excluding hydrogens is 384 g/mol. The van der Waals surface area contributed by atoms with Gasteiger partial charge in [-0.05, 0) is 6.42 Å². The third-order valence-electron chi connectivity index (χ3n) is 6.03. The zero-order valence-electron chi connectivity index (χ0n) is 19.1. The minimum Gasteiger partial charge on any atom is -0.457 e. The predicted molar refractivity (Wildman–Crippen MR) is 118 cm³/mol. The minimum absolute atomic E-state index is 0.00590. The van der Waals surface area contributed by atoms with E-state index in [9.17, 15) is 15.0 Å². The highest BCUT2D eigenvalue weighted by atomic mass is 16.6. The van der Waals surface area contributed by atoms with Crippen LogP contribution in [0.1, 0.15) is 110 Å². The van der Waals surface area contributed by atoms with Gasteiger partial charge in [-0.15, -0.1) is 0 Å². The molecule has 6 heteroatoms. The van der Waals surface area contributed by atoms with Crippen LogP contribution in [0.15, 0.2) is 0 Å². The molecule has 0 aromatic heterocycles. The van der Waals surface area contributed by atoms with Crippen LogP contribution in [0.5, 0.6) is 0 Å². The fraction of sp³-hybridized carbons (Fsp3) is 0.958. The summed E-state index contributed by atoms with van der Waals surface area (Å²) in [4.78, 5) is 11.9. The van der Waals surface area contributed by atoms with Crippen molar-refractivity contribution >= 4 is 5.97 Å². The van der Waals surface area contributed by atoms with Gasteiger partial charge in [0, 0.05) is 6.42 Å². The Morgan fingerprint density at radius 3 is 1.73 bits per heavy atom. The quantitative estimate of drug-likeness (QED) is 0.222. The molecule has 1 aliphatic rings. The maximum atomic E-state index is 11.9. The molecule has 0 aromatic rings. The van der Waals surface area contributed by atoms with E-state index in [-0.39, 0.29) is 19.2 Å². The second kappa shape index (κ2) is 17.9. The fourth-order valence-electron chi connectivity index (χ4n) is 3.99. The Hall–Kier alpha value is -0.690. The Balaban J connectivity index is 1.88. The molecule has 0 saturated carbocycles. The molecule has 4 atom stereocenters. The van der Waals surface area contributed by atoms with Gasteiger partial charge in [0.2, 0.25) is 0 Å². The smallest absolute Gasteiger partial charge is 0.306 e. The third-order valence-corrected chi connectivity index (χ3v) is 6.03. The van der Waals surface area contributed by atoms with Gasteiger partial charge in [0.1, 0.15) is 18.3 Å². The van der Waals surface area contributed by atoms with E-state index < -0.39 is 24.4 Å². The van der Waals surface area contributed by atoms with Crippen LogP contribution in [0.4, 0.5) is 0 Å². The van der Waals surface area contributed by atoms with Crippen molar-refractivity contribution in [2.24, 2.45) is 0 Å². The molecule has 0 amide bonds. The number of hydrogen-bond donors (Lipinski definition) is 3. The molecule has 1 aliphatic heterocycles. The summed E-state index contributed by atoms with van der Waals surface area (Å²) in [7, 11) is 0. The molecule has 3 N–H and O–H groups in total. The maximum Gasteiger partial charge on any atom is 0.306 e. The lowest BCUT2D eigenvalue weighted by Gasteiger charge is -2.36. The number of esters is 1. The van der Waals surface area contributed by atoms with Crippen LogP contribution in [0.3, 0.4) is 0 Å². The lowest BCUT2D eigenvalue weighted by atomic mass is 10.0. The third kappa shape index (κ3) is 12.2.